The molecule has 1 heterocycles. The number of rotatable bonds is 5. The Morgan fingerprint density at radius 2 is 1.97 bits per heavy atom. The van der Waals surface area contributed by atoms with E-state index in [0.29, 0.717) is 10.7 Å². The number of hydrogen-bond acceptors (Lipinski definition) is 5. The van der Waals surface area contributed by atoms with Crippen molar-refractivity contribution in [1.82, 2.24) is 9.78 Å². The molecule has 0 saturated carbocycles. The standard InChI is InChI=1S/C15H8Cl2F6N4OS/c1-2-28-6-25-13-10(29-15(21,22)23)5-26-27(13)12-9(16)3-8(14(18,19)20)7(4-24)11(12)17/h3,5-6H,2H2,1H3/b25-6+. The van der Waals surface area contributed by atoms with Gasteiger partial charge in [0.05, 0.1) is 38.9 Å². The predicted molar refractivity (Wildman–Crippen MR) is 95.0 cm³/mol. The van der Waals surface area contributed by atoms with Gasteiger partial charge >= 0.3 is 11.7 Å². The van der Waals surface area contributed by atoms with Gasteiger partial charge in [-0.1, -0.05) is 23.2 Å². The third-order valence-corrected chi connectivity index (χ3v) is 4.57. The van der Waals surface area contributed by atoms with Gasteiger partial charge in [0.15, 0.2) is 12.2 Å². The molecule has 0 bridgehead atoms. The first-order valence-electron chi connectivity index (χ1n) is 7.38. The first-order chi connectivity index (χ1) is 13.4. The summed E-state index contributed by atoms with van der Waals surface area (Å²) in [6.45, 7) is 1.75. The Morgan fingerprint density at radius 1 is 1.31 bits per heavy atom. The highest BCUT2D eigenvalue weighted by molar-refractivity contribution is 8.00. The number of aliphatic imine (C=N–C) groups is 1. The minimum Gasteiger partial charge on any atom is -0.483 e. The lowest BCUT2D eigenvalue weighted by Gasteiger charge is -2.15. The molecule has 0 amide bonds. The number of alkyl halides is 6. The molecule has 0 aliphatic rings. The van der Waals surface area contributed by atoms with Gasteiger partial charge in [0.25, 0.3) is 0 Å². The fourth-order valence-corrected chi connectivity index (χ4v) is 3.34. The van der Waals surface area contributed by atoms with Crippen LogP contribution in [0.1, 0.15) is 18.1 Å². The van der Waals surface area contributed by atoms with E-state index >= 15 is 0 Å². The van der Waals surface area contributed by atoms with Crippen LogP contribution in [0.3, 0.4) is 0 Å². The molecular weight excluding hydrogens is 469 g/mol. The fourth-order valence-electron chi connectivity index (χ4n) is 2.10. The lowest BCUT2D eigenvalue weighted by molar-refractivity contribution is -0.137. The van der Waals surface area contributed by atoms with E-state index in [0.717, 1.165) is 12.6 Å². The molecule has 1 aromatic heterocycles. The van der Waals surface area contributed by atoms with Crippen molar-refractivity contribution in [3.05, 3.63) is 33.4 Å². The van der Waals surface area contributed by atoms with Gasteiger partial charge in [-0.05, 0) is 24.8 Å². The summed E-state index contributed by atoms with van der Waals surface area (Å²) in [6.07, 6.45) is -3.31. The van der Waals surface area contributed by atoms with E-state index in [-0.39, 0.29) is 6.61 Å². The zero-order valence-electron chi connectivity index (χ0n) is 14.1. The van der Waals surface area contributed by atoms with Crippen LogP contribution < -0.4 is 0 Å². The van der Waals surface area contributed by atoms with Crippen LogP contribution in [0.2, 0.25) is 10.0 Å². The SMILES string of the molecule is CCO/C=N/c1c(SC(F)(F)F)cnn1-c1c(Cl)cc(C(F)(F)F)c(C#N)c1Cl. The normalized spacial score (nSPS) is 12.4. The maximum absolute atomic E-state index is 13.1. The lowest BCUT2D eigenvalue weighted by atomic mass is 10.1. The minimum absolute atomic E-state index is 0.153. The van der Waals surface area contributed by atoms with Crippen LogP contribution in [0, 0.1) is 11.3 Å². The lowest BCUT2D eigenvalue weighted by Crippen LogP contribution is -2.11. The van der Waals surface area contributed by atoms with Gasteiger partial charge in [0, 0.05) is 0 Å². The van der Waals surface area contributed by atoms with E-state index < -0.39 is 61.0 Å². The summed E-state index contributed by atoms with van der Waals surface area (Å²) in [5, 5.41) is 11.5. The smallest absolute Gasteiger partial charge is 0.446 e. The monoisotopic (exact) mass is 476 g/mol. The maximum Gasteiger partial charge on any atom is 0.446 e. The highest BCUT2D eigenvalue weighted by Gasteiger charge is 2.37. The number of nitriles is 1. The molecule has 2 rings (SSSR count). The van der Waals surface area contributed by atoms with E-state index in [4.69, 9.17) is 33.2 Å². The van der Waals surface area contributed by atoms with Gasteiger partial charge in [-0.15, -0.1) is 0 Å². The minimum atomic E-state index is -4.94. The molecule has 2 aromatic rings. The first-order valence-corrected chi connectivity index (χ1v) is 8.95. The predicted octanol–water partition coefficient (Wildman–Crippen LogP) is 6.38. The van der Waals surface area contributed by atoms with Crippen molar-refractivity contribution in [3.63, 3.8) is 0 Å². The molecule has 0 aliphatic carbocycles. The van der Waals surface area contributed by atoms with E-state index in [2.05, 4.69) is 10.1 Å². The summed E-state index contributed by atoms with van der Waals surface area (Å²) in [4.78, 5) is 3.25. The third-order valence-electron chi connectivity index (χ3n) is 3.18. The van der Waals surface area contributed by atoms with Crippen molar-refractivity contribution < 1.29 is 31.1 Å². The third kappa shape index (κ3) is 5.29. The summed E-state index contributed by atoms with van der Waals surface area (Å²) in [6, 6.07) is 1.76. The number of benzene rings is 1. The molecule has 156 valence electrons. The zero-order valence-corrected chi connectivity index (χ0v) is 16.4. The Hall–Kier alpha value is -2.10. The second kappa shape index (κ2) is 8.73. The number of ether oxygens (including phenoxy) is 1. The number of thioether (sulfide) groups is 1. The van der Waals surface area contributed by atoms with Crippen LogP contribution in [0.4, 0.5) is 32.2 Å². The van der Waals surface area contributed by atoms with Crippen molar-refractivity contribution in [2.75, 3.05) is 6.61 Å². The topological polar surface area (TPSA) is 63.2 Å². The first kappa shape index (κ1) is 23.2. The average molecular weight is 477 g/mol. The molecule has 0 radical (unpaired) electrons. The Kier molecular flexibility index (Phi) is 6.97. The molecule has 0 fully saturated rings. The van der Waals surface area contributed by atoms with Crippen LogP contribution in [-0.2, 0) is 10.9 Å². The average Bonchev–Trinajstić information content (AvgIpc) is 2.94. The van der Waals surface area contributed by atoms with Crippen molar-refractivity contribution in [2.45, 2.75) is 23.5 Å². The molecule has 0 unspecified atom stereocenters. The van der Waals surface area contributed by atoms with E-state index in [1.165, 1.54) is 6.07 Å². The van der Waals surface area contributed by atoms with E-state index in [1.54, 1.807) is 6.92 Å². The summed E-state index contributed by atoms with van der Waals surface area (Å²) < 4.78 is 83.4. The molecule has 0 aliphatic heterocycles. The Balaban J connectivity index is 2.76. The summed E-state index contributed by atoms with van der Waals surface area (Å²) in [5.41, 5.74) is -7.49. The molecule has 29 heavy (non-hydrogen) atoms. The Morgan fingerprint density at radius 3 is 2.48 bits per heavy atom. The Bertz CT molecular complexity index is 981. The van der Waals surface area contributed by atoms with Gasteiger partial charge in [0.2, 0.25) is 0 Å². The maximum atomic E-state index is 13.1. The van der Waals surface area contributed by atoms with Crippen molar-refractivity contribution >= 4 is 47.2 Å². The molecule has 0 saturated heterocycles. The second-order valence-corrected chi connectivity index (χ2v) is 6.93. The molecule has 14 heteroatoms. The van der Waals surface area contributed by atoms with Gasteiger partial charge in [0.1, 0.15) is 11.8 Å². The number of halogens is 8. The highest BCUT2D eigenvalue weighted by Crippen LogP contribution is 2.45. The number of hydrogen-bond donors (Lipinski definition) is 0. The summed E-state index contributed by atoms with van der Waals surface area (Å²) in [5.74, 6) is -0.451. The van der Waals surface area contributed by atoms with Crippen molar-refractivity contribution in [2.24, 2.45) is 4.99 Å². The van der Waals surface area contributed by atoms with Crippen molar-refractivity contribution in [1.29, 1.82) is 5.26 Å². The summed E-state index contributed by atoms with van der Waals surface area (Å²) >= 11 is 11.3. The molecule has 5 nitrogen and oxygen atoms in total. The van der Waals surface area contributed by atoms with E-state index in [1.807, 2.05) is 0 Å². The van der Waals surface area contributed by atoms with Gasteiger partial charge < -0.3 is 4.74 Å². The second-order valence-electron chi connectivity index (χ2n) is 5.03. The summed E-state index contributed by atoms with van der Waals surface area (Å²) in [7, 11) is 0. The van der Waals surface area contributed by atoms with Gasteiger partial charge in [-0.25, -0.2) is 4.68 Å². The largest absolute Gasteiger partial charge is 0.483 e. The molecular formula is C15H8Cl2F6N4OS. The quantitative estimate of drug-likeness (QED) is 0.217. The fraction of sp³-hybridized carbons (Fsp3) is 0.267. The van der Waals surface area contributed by atoms with Crippen LogP contribution >= 0.6 is 35.0 Å². The van der Waals surface area contributed by atoms with Crippen LogP contribution in [0.25, 0.3) is 5.69 Å². The van der Waals surface area contributed by atoms with E-state index in [9.17, 15) is 26.3 Å². The van der Waals surface area contributed by atoms with Crippen LogP contribution in [0.5, 0.6) is 0 Å². The molecule has 1 aromatic carbocycles. The highest BCUT2D eigenvalue weighted by atomic mass is 35.5. The van der Waals surface area contributed by atoms with Crippen molar-refractivity contribution in [3.8, 4) is 11.8 Å². The molecule has 0 atom stereocenters. The zero-order chi connectivity index (χ0) is 22.0. The van der Waals surface area contributed by atoms with Gasteiger partial charge in [-0.2, -0.15) is 41.7 Å². The Labute approximate surface area is 173 Å². The van der Waals surface area contributed by atoms with Crippen LogP contribution in [0.15, 0.2) is 22.2 Å². The number of nitrogens with zero attached hydrogens (tertiary/aromatic N) is 4. The number of aromatic nitrogens is 2. The molecule has 0 N–H and O–H groups in total. The van der Waals surface area contributed by atoms with Gasteiger partial charge in [-0.3, -0.25) is 0 Å². The molecule has 0 spiro atoms. The van der Waals surface area contributed by atoms with Crippen LogP contribution in [-0.4, -0.2) is 28.3 Å².